The van der Waals surface area contributed by atoms with E-state index in [4.69, 9.17) is 9.73 Å². The second-order valence-electron chi connectivity index (χ2n) is 9.87. The molecule has 38 heavy (non-hydrogen) atoms. The number of amides is 1. The van der Waals surface area contributed by atoms with E-state index in [1.54, 1.807) is 6.40 Å². The van der Waals surface area contributed by atoms with Crippen LogP contribution in [0.25, 0.3) is 11.3 Å². The number of likely N-dealkylation sites (tertiary alicyclic amines) is 1. The van der Waals surface area contributed by atoms with Crippen molar-refractivity contribution in [3.63, 3.8) is 0 Å². The van der Waals surface area contributed by atoms with Crippen LogP contribution < -0.4 is 5.32 Å². The minimum Gasteiger partial charge on any atom is -0.494 e. The predicted molar refractivity (Wildman–Crippen MR) is 150 cm³/mol. The summed E-state index contributed by atoms with van der Waals surface area (Å²) >= 11 is 0. The first-order valence-corrected chi connectivity index (χ1v) is 13.4. The third-order valence-corrected chi connectivity index (χ3v) is 7.25. The summed E-state index contributed by atoms with van der Waals surface area (Å²) in [7, 11) is 0. The van der Waals surface area contributed by atoms with Crippen molar-refractivity contribution in [2.45, 2.75) is 51.7 Å². The van der Waals surface area contributed by atoms with Gasteiger partial charge in [0, 0.05) is 18.2 Å². The molecule has 8 heteroatoms. The number of hydrogen-bond acceptors (Lipinski definition) is 6. The first kappa shape index (κ1) is 25.9. The Kier molecular flexibility index (Phi) is 8.00. The lowest BCUT2D eigenvalue weighted by Gasteiger charge is -2.37. The van der Waals surface area contributed by atoms with Gasteiger partial charge >= 0.3 is 0 Å². The van der Waals surface area contributed by atoms with E-state index in [0.717, 1.165) is 49.0 Å². The van der Waals surface area contributed by atoms with E-state index in [-0.39, 0.29) is 18.0 Å². The number of aliphatic imine (C=N–C) groups is 2. The van der Waals surface area contributed by atoms with Gasteiger partial charge < -0.3 is 14.8 Å². The number of H-pyrrole nitrogens is 1. The van der Waals surface area contributed by atoms with E-state index in [2.05, 4.69) is 34.0 Å². The number of carbonyl (C=O) groups excluding carboxylic acids is 1. The largest absolute Gasteiger partial charge is 0.494 e. The van der Waals surface area contributed by atoms with Crippen molar-refractivity contribution in [2.75, 3.05) is 19.8 Å². The fourth-order valence-corrected chi connectivity index (χ4v) is 5.28. The van der Waals surface area contributed by atoms with E-state index in [1.165, 1.54) is 6.42 Å². The third-order valence-electron chi connectivity index (χ3n) is 7.25. The smallest absolute Gasteiger partial charge is 0.280 e. The molecule has 0 aliphatic carbocycles. The number of benzene rings is 2. The minimum absolute atomic E-state index is 0.0500. The first-order valence-electron chi connectivity index (χ1n) is 13.4. The standard InChI is InChI=1S/C30H35N5O3/c1-3-16-31-18-38-19-32-28(35-17-8-7-9-20(35)2)23-14-12-22(13-15-23)27-25-24(29(36)34-27)26(33-30(25)37)21-10-5-4-6-11-21/h4-6,10-15,19-20,28,31,33,37H,3,7-9,16-18H2,1-2H3/b32-19+. The Hall–Kier alpha value is -3.75. The number of piperidine rings is 1. The molecule has 5 rings (SSSR count). The highest BCUT2D eigenvalue weighted by atomic mass is 16.5. The number of hydrogen-bond donors (Lipinski definition) is 3. The zero-order valence-electron chi connectivity index (χ0n) is 22.0. The summed E-state index contributed by atoms with van der Waals surface area (Å²) in [6, 6.07) is 17.9. The Morgan fingerprint density at radius 3 is 2.68 bits per heavy atom. The van der Waals surface area contributed by atoms with E-state index in [1.807, 2.05) is 54.6 Å². The van der Waals surface area contributed by atoms with Crippen molar-refractivity contribution in [1.29, 1.82) is 0 Å². The first-order chi connectivity index (χ1) is 18.6. The molecule has 2 aliphatic rings. The molecule has 1 fully saturated rings. The molecule has 0 bridgehead atoms. The summed E-state index contributed by atoms with van der Waals surface area (Å²) in [6.07, 6.45) is 5.95. The molecular weight excluding hydrogens is 478 g/mol. The van der Waals surface area contributed by atoms with Gasteiger partial charge in [0.15, 0.2) is 12.3 Å². The van der Waals surface area contributed by atoms with Gasteiger partial charge in [0.2, 0.25) is 0 Å². The van der Waals surface area contributed by atoms with E-state index < -0.39 is 0 Å². The van der Waals surface area contributed by atoms with Gasteiger partial charge in [-0.25, -0.2) is 9.98 Å². The second-order valence-corrected chi connectivity index (χ2v) is 9.87. The molecule has 1 amide bonds. The Bertz CT molecular complexity index is 1310. The quantitative estimate of drug-likeness (QED) is 0.149. The van der Waals surface area contributed by atoms with Gasteiger partial charge in [-0.3, -0.25) is 15.0 Å². The minimum atomic E-state index is -0.354. The lowest BCUT2D eigenvalue weighted by Crippen LogP contribution is -2.39. The molecule has 2 aliphatic heterocycles. The molecule has 3 N–H and O–H groups in total. The number of ether oxygens (including phenoxy) is 1. The van der Waals surface area contributed by atoms with Crippen LogP contribution >= 0.6 is 0 Å². The molecule has 3 heterocycles. The van der Waals surface area contributed by atoms with Crippen LogP contribution in [0.3, 0.4) is 0 Å². The highest BCUT2D eigenvalue weighted by molar-refractivity contribution is 6.30. The van der Waals surface area contributed by atoms with Crippen molar-refractivity contribution in [3.05, 3.63) is 76.9 Å². The Balaban J connectivity index is 1.41. The summed E-state index contributed by atoms with van der Waals surface area (Å²) in [5, 5.41) is 14.0. The zero-order chi connectivity index (χ0) is 26.5. The van der Waals surface area contributed by atoms with Crippen LogP contribution in [-0.2, 0) is 4.74 Å². The molecule has 2 unspecified atom stereocenters. The maximum atomic E-state index is 12.9. The van der Waals surface area contributed by atoms with E-state index in [9.17, 15) is 9.90 Å². The number of fused-ring (bicyclic) bond motifs is 1. The molecule has 8 nitrogen and oxygen atoms in total. The molecule has 198 valence electrons. The lowest BCUT2D eigenvalue weighted by atomic mass is 9.97. The summed E-state index contributed by atoms with van der Waals surface area (Å²) in [4.78, 5) is 27.5. The Morgan fingerprint density at radius 1 is 1.16 bits per heavy atom. The molecule has 0 saturated carbocycles. The SMILES string of the molecule is CCCNCO/C=N/C(c1ccc(C2=NC(=O)c3c(-c4ccccc4)[nH]c(O)c32)cc1)N1CCCCC1C. The van der Waals surface area contributed by atoms with Crippen LogP contribution in [-0.4, -0.2) is 58.9 Å². The van der Waals surface area contributed by atoms with Crippen molar-refractivity contribution in [1.82, 2.24) is 15.2 Å². The fraction of sp³-hybridized carbons (Fsp3) is 0.367. The summed E-state index contributed by atoms with van der Waals surface area (Å²) in [6.45, 7) is 6.67. The molecule has 0 radical (unpaired) electrons. The van der Waals surface area contributed by atoms with Gasteiger partial charge in [-0.15, -0.1) is 0 Å². The van der Waals surface area contributed by atoms with Gasteiger partial charge in [-0.05, 0) is 43.9 Å². The zero-order valence-corrected chi connectivity index (χ0v) is 22.0. The van der Waals surface area contributed by atoms with Crippen molar-refractivity contribution >= 4 is 18.0 Å². The van der Waals surface area contributed by atoms with Gasteiger partial charge in [-0.2, -0.15) is 0 Å². The molecule has 2 atom stereocenters. The average molecular weight is 514 g/mol. The van der Waals surface area contributed by atoms with Gasteiger partial charge in [-0.1, -0.05) is 67.9 Å². The van der Waals surface area contributed by atoms with Gasteiger partial charge in [0.25, 0.3) is 5.91 Å². The molecule has 1 aromatic heterocycles. The van der Waals surface area contributed by atoms with Gasteiger partial charge in [0.05, 0.1) is 22.5 Å². The Labute approximate surface area is 223 Å². The van der Waals surface area contributed by atoms with E-state index >= 15 is 0 Å². The summed E-state index contributed by atoms with van der Waals surface area (Å²) in [5.74, 6) is -0.404. The number of aromatic hydroxyl groups is 1. The normalized spacial score (nSPS) is 18.5. The molecule has 1 saturated heterocycles. The fourth-order valence-electron chi connectivity index (χ4n) is 5.28. The molecule has 0 spiro atoms. The monoisotopic (exact) mass is 513 g/mol. The Morgan fingerprint density at radius 2 is 1.95 bits per heavy atom. The van der Waals surface area contributed by atoms with Crippen LogP contribution in [0.4, 0.5) is 0 Å². The number of nitrogens with zero attached hydrogens (tertiary/aromatic N) is 3. The van der Waals surface area contributed by atoms with Crippen LogP contribution in [0.5, 0.6) is 5.88 Å². The van der Waals surface area contributed by atoms with Crippen LogP contribution in [0.15, 0.2) is 64.6 Å². The average Bonchev–Trinajstić information content (AvgIpc) is 3.47. The van der Waals surface area contributed by atoms with Crippen molar-refractivity contribution < 1.29 is 14.6 Å². The topological polar surface area (TPSA) is 102 Å². The molecular formula is C30H35N5O3. The lowest BCUT2D eigenvalue weighted by molar-refractivity contribution is 0.101. The number of rotatable bonds is 10. The van der Waals surface area contributed by atoms with Crippen molar-refractivity contribution in [3.8, 4) is 17.1 Å². The van der Waals surface area contributed by atoms with Crippen LogP contribution in [0.2, 0.25) is 0 Å². The summed E-state index contributed by atoms with van der Waals surface area (Å²) < 4.78 is 5.60. The highest BCUT2D eigenvalue weighted by Crippen LogP contribution is 2.38. The highest BCUT2D eigenvalue weighted by Gasteiger charge is 2.34. The number of aromatic amines is 1. The van der Waals surface area contributed by atoms with Gasteiger partial charge in [0.1, 0.15) is 12.9 Å². The molecule has 3 aromatic rings. The predicted octanol–water partition coefficient (Wildman–Crippen LogP) is 5.25. The maximum absolute atomic E-state index is 12.9. The number of carbonyl (C=O) groups is 1. The van der Waals surface area contributed by atoms with Crippen LogP contribution in [0, 0.1) is 0 Å². The van der Waals surface area contributed by atoms with Crippen molar-refractivity contribution in [2.24, 2.45) is 9.98 Å². The number of nitrogens with one attached hydrogen (secondary N) is 2. The maximum Gasteiger partial charge on any atom is 0.280 e. The van der Waals surface area contributed by atoms with Crippen LogP contribution in [0.1, 0.15) is 72.7 Å². The third kappa shape index (κ3) is 5.28. The number of aromatic nitrogens is 1. The van der Waals surface area contributed by atoms with E-state index in [0.29, 0.717) is 35.3 Å². The second kappa shape index (κ2) is 11.8. The molecule has 2 aromatic carbocycles. The summed E-state index contributed by atoms with van der Waals surface area (Å²) in [5.41, 5.74) is 4.55.